The maximum absolute atomic E-state index is 2.47. The molecule has 0 heteroatoms. The zero-order valence-corrected chi connectivity index (χ0v) is 20.1. The van der Waals surface area contributed by atoms with Gasteiger partial charge in [0.25, 0.3) is 0 Å². The fourth-order valence-corrected chi connectivity index (χ4v) is 5.98. The highest BCUT2D eigenvalue weighted by Crippen LogP contribution is 2.51. The second kappa shape index (κ2) is 8.66. The van der Waals surface area contributed by atoms with Crippen LogP contribution in [0.15, 0.2) is 133 Å². The van der Waals surface area contributed by atoms with Crippen LogP contribution in [0.4, 0.5) is 0 Å². The molecule has 0 atom stereocenters. The maximum atomic E-state index is 2.47. The van der Waals surface area contributed by atoms with Gasteiger partial charge in [-0.05, 0) is 85.7 Å². The van der Waals surface area contributed by atoms with Crippen molar-refractivity contribution < 1.29 is 0 Å². The van der Waals surface area contributed by atoms with E-state index in [0.29, 0.717) is 0 Å². The van der Waals surface area contributed by atoms with Gasteiger partial charge in [-0.2, -0.15) is 0 Å². The van der Waals surface area contributed by atoms with Crippen LogP contribution in [0.5, 0.6) is 0 Å². The van der Waals surface area contributed by atoms with E-state index in [1.54, 1.807) is 0 Å². The molecular weight excluding hydrogens is 432 g/mol. The van der Waals surface area contributed by atoms with Crippen LogP contribution in [-0.4, -0.2) is 0 Å². The molecule has 0 bridgehead atoms. The van der Waals surface area contributed by atoms with E-state index in [1.807, 2.05) is 0 Å². The van der Waals surface area contributed by atoms with Gasteiger partial charge >= 0.3 is 0 Å². The fraction of sp³-hybridized carbons (Fsp3) is 0.0556. The van der Waals surface area contributed by atoms with Crippen LogP contribution >= 0.6 is 0 Å². The second-order valence-electron chi connectivity index (χ2n) is 9.64. The molecule has 0 aromatic heterocycles. The van der Waals surface area contributed by atoms with E-state index in [-0.39, 0.29) is 0 Å². The van der Waals surface area contributed by atoms with Crippen LogP contribution in [0, 0.1) is 0 Å². The largest absolute Gasteiger partial charge is 0.0801 e. The molecule has 0 fully saturated rings. The summed E-state index contributed by atoms with van der Waals surface area (Å²) in [4.78, 5) is 0. The Hall–Kier alpha value is -4.42. The minimum atomic E-state index is 0.965. The minimum Gasteiger partial charge on any atom is -0.0801 e. The van der Waals surface area contributed by atoms with E-state index in [2.05, 4.69) is 133 Å². The van der Waals surface area contributed by atoms with Gasteiger partial charge < -0.3 is 0 Å². The van der Waals surface area contributed by atoms with E-state index < -0.39 is 0 Å². The Labute approximate surface area is 212 Å². The number of hydrogen-bond acceptors (Lipinski definition) is 0. The molecule has 2 aliphatic rings. The van der Waals surface area contributed by atoms with E-state index in [1.165, 1.54) is 66.8 Å². The zero-order chi connectivity index (χ0) is 23.9. The van der Waals surface area contributed by atoms with Crippen LogP contribution in [0.3, 0.4) is 0 Å². The summed E-state index contributed by atoms with van der Waals surface area (Å²) in [6, 6.07) is 42.0. The topological polar surface area (TPSA) is 0 Å². The zero-order valence-electron chi connectivity index (χ0n) is 20.1. The minimum absolute atomic E-state index is 0.965. The predicted octanol–water partition coefficient (Wildman–Crippen LogP) is 9.60. The summed E-state index contributed by atoms with van der Waals surface area (Å²) in [6.07, 6.45) is 8.75. The van der Waals surface area contributed by atoms with Gasteiger partial charge in [0.05, 0.1) is 0 Å². The summed E-state index contributed by atoms with van der Waals surface area (Å²) in [6.45, 7) is 0. The Kier molecular flexibility index (Phi) is 5.03. The highest BCUT2D eigenvalue weighted by molar-refractivity contribution is 6.02. The molecular formula is C36H26. The lowest BCUT2D eigenvalue weighted by molar-refractivity contribution is 1.24. The Bertz CT molecular complexity index is 1640. The van der Waals surface area contributed by atoms with Crippen LogP contribution in [0.25, 0.3) is 50.1 Å². The van der Waals surface area contributed by atoms with Gasteiger partial charge in [-0.15, -0.1) is 0 Å². The monoisotopic (exact) mass is 458 g/mol. The van der Waals surface area contributed by atoms with Gasteiger partial charge in [-0.25, -0.2) is 0 Å². The number of benzene rings is 5. The summed E-state index contributed by atoms with van der Waals surface area (Å²) in [7, 11) is 0. The van der Waals surface area contributed by atoms with E-state index in [4.69, 9.17) is 0 Å². The van der Waals surface area contributed by atoms with Crippen molar-refractivity contribution in [2.75, 3.05) is 0 Å². The van der Waals surface area contributed by atoms with Crippen molar-refractivity contribution in [2.24, 2.45) is 0 Å². The van der Waals surface area contributed by atoms with E-state index >= 15 is 0 Å². The number of fused-ring (bicyclic) bond motifs is 3. The van der Waals surface area contributed by atoms with Crippen molar-refractivity contribution >= 4 is 5.57 Å². The average Bonchev–Trinajstić information content (AvgIpc) is 3.62. The Balaban J connectivity index is 1.59. The summed E-state index contributed by atoms with van der Waals surface area (Å²) in [5, 5.41) is 0. The lowest BCUT2D eigenvalue weighted by atomic mass is 9.81. The normalized spacial score (nSPS) is 13.4. The number of rotatable bonds is 4. The Morgan fingerprint density at radius 1 is 0.472 bits per heavy atom. The number of allylic oxidation sites excluding steroid dienone is 4. The number of hydrogen-bond donors (Lipinski definition) is 0. The van der Waals surface area contributed by atoms with E-state index in [9.17, 15) is 0 Å². The first kappa shape index (κ1) is 20.9. The quantitative estimate of drug-likeness (QED) is 0.247. The molecule has 36 heavy (non-hydrogen) atoms. The van der Waals surface area contributed by atoms with Crippen molar-refractivity contribution in [1.29, 1.82) is 0 Å². The van der Waals surface area contributed by atoms with Gasteiger partial charge in [0, 0.05) is 0 Å². The molecule has 170 valence electrons. The molecule has 0 aliphatic heterocycles. The summed E-state index contributed by atoms with van der Waals surface area (Å²) in [5.74, 6) is 0. The third-order valence-electron chi connectivity index (χ3n) is 7.55. The van der Waals surface area contributed by atoms with Crippen LogP contribution in [0.1, 0.15) is 23.1 Å². The van der Waals surface area contributed by atoms with Crippen molar-refractivity contribution in [3.05, 3.63) is 150 Å². The smallest absolute Gasteiger partial charge is 0.000694 e. The Morgan fingerprint density at radius 3 is 1.75 bits per heavy atom. The summed E-state index contributed by atoms with van der Waals surface area (Å²) < 4.78 is 0. The molecule has 0 unspecified atom stereocenters. The maximum Gasteiger partial charge on any atom is -0.000694 e. The summed E-state index contributed by atoms with van der Waals surface area (Å²) >= 11 is 0. The molecule has 0 saturated heterocycles. The highest BCUT2D eigenvalue weighted by Gasteiger charge is 2.30. The molecule has 0 radical (unpaired) electrons. The first-order valence-corrected chi connectivity index (χ1v) is 12.7. The molecule has 5 aromatic carbocycles. The summed E-state index contributed by atoms with van der Waals surface area (Å²) in [5.41, 5.74) is 16.3. The van der Waals surface area contributed by atoms with Crippen molar-refractivity contribution in [3.63, 3.8) is 0 Å². The van der Waals surface area contributed by atoms with Gasteiger partial charge in [0.1, 0.15) is 0 Å². The molecule has 0 spiro atoms. The Morgan fingerprint density at radius 2 is 1.11 bits per heavy atom. The first-order valence-electron chi connectivity index (χ1n) is 12.7. The SMILES string of the molecule is C1=CCC(c2c3c(cc(-c4ccccc4)c2-c2ccccc2)-c2c(cccc2-c2ccccc2)C3)=C1. The first-order chi connectivity index (χ1) is 17.9. The third-order valence-corrected chi connectivity index (χ3v) is 7.55. The fourth-order valence-electron chi connectivity index (χ4n) is 5.98. The average molecular weight is 459 g/mol. The van der Waals surface area contributed by atoms with Gasteiger partial charge in [-0.3, -0.25) is 0 Å². The van der Waals surface area contributed by atoms with Crippen LogP contribution in [-0.2, 0) is 6.42 Å². The molecule has 5 aromatic rings. The molecule has 0 saturated carbocycles. The predicted molar refractivity (Wildman–Crippen MR) is 153 cm³/mol. The van der Waals surface area contributed by atoms with Crippen LogP contribution in [0.2, 0.25) is 0 Å². The van der Waals surface area contributed by atoms with E-state index in [0.717, 1.165) is 12.8 Å². The van der Waals surface area contributed by atoms with Crippen molar-refractivity contribution in [1.82, 2.24) is 0 Å². The lowest BCUT2D eigenvalue weighted by Crippen LogP contribution is -1.99. The molecule has 0 amide bonds. The molecule has 7 rings (SSSR count). The van der Waals surface area contributed by atoms with Crippen molar-refractivity contribution in [2.45, 2.75) is 12.8 Å². The molecule has 0 nitrogen and oxygen atoms in total. The molecule has 0 heterocycles. The van der Waals surface area contributed by atoms with Gasteiger partial charge in [0.15, 0.2) is 0 Å². The third kappa shape index (κ3) is 3.38. The molecule has 2 aliphatic carbocycles. The standard InChI is InChI=1S/C36H26/c1-4-13-25(14-5-1)30-22-12-21-29-23-32-33(34(29)30)24-31(26-15-6-2-7-16-26)35(27-17-8-3-9-18-27)36(32)28-19-10-11-20-28/h1-19,21-22,24H,20,23H2. The molecule has 0 N–H and O–H groups in total. The van der Waals surface area contributed by atoms with Crippen LogP contribution < -0.4 is 0 Å². The lowest BCUT2D eigenvalue weighted by Gasteiger charge is -2.22. The second-order valence-corrected chi connectivity index (χ2v) is 9.64. The van der Waals surface area contributed by atoms with Gasteiger partial charge in [0.2, 0.25) is 0 Å². The highest BCUT2D eigenvalue weighted by atomic mass is 14.3. The van der Waals surface area contributed by atoms with Crippen molar-refractivity contribution in [3.8, 4) is 44.5 Å². The van der Waals surface area contributed by atoms with Gasteiger partial charge in [-0.1, -0.05) is 127 Å².